The monoisotopic (exact) mass is 335 g/mol. The van der Waals surface area contributed by atoms with Gasteiger partial charge in [0, 0.05) is 11.0 Å². The fourth-order valence-electron chi connectivity index (χ4n) is 1.54. The van der Waals surface area contributed by atoms with Gasteiger partial charge in [0.05, 0.1) is 18.1 Å². The molecular formula is C13H14BrN5O. The molecule has 0 aliphatic heterocycles. The van der Waals surface area contributed by atoms with Crippen LogP contribution in [0.25, 0.3) is 0 Å². The Morgan fingerprint density at radius 3 is 2.75 bits per heavy atom. The number of pyridine rings is 1. The highest BCUT2D eigenvalue weighted by atomic mass is 79.9. The topological polar surface area (TPSA) is 79.8 Å². The van der Waals surface area contributed by atoms with Crippen molar-refractivity contribution in [2.75, 3.05) is 17.2 Å². The van der Waals surface area contributed by atoms with Gasteiger partial charge in [0.25, 0.3) is 5.91 Å². The number of hydrogen-bond donors (Lipinski definition) is 2. The number of carbonyl (C=O) groups excluding carboxylic acids is 1. The normalized spacial score (nSPS) is 10.2. The molecule has 1 amide bonds. The van der Waals surface area contributed by atoms with Gasteiger partial charge in [-0.3, -0.25) is 9.78 Å². The molecular weight excluding hydrogens is 322 g/mol. The molecule has 0 spiro atoms. The summed E-state index contributed by atoms with van der Waals surface area (Å²) < 4.78 is 0.893. The van der Waals surface area contributed by atoms with Crippen molar-refractivity contribution < 1.29 is 4.79 Å². The minimum atomic E-state index is -0.341. The van der Waals surface area contributed by atoms with Crippen LogP contribution in [0.5, 0.6) is 0 Å². The van der Waals surface area contributed by atoms with Crippen LogP contribution < -0.4 is 10.6 Å². The van der Waals surface area contributed by atoms with Crippen LogP contribution in [-0.4, -0.2) is 27.4 Å². The highest BCUT2D eigenvalue weighted by Crippen LogP contribution is 2.16. The van der Waals surface area contributed by atoms with Crippen molar-refractivity contribution in [2.24, 2.45) is 0 Å². The average Bonchev–Trinajstić information content (AvgIpc) is 2.43. The number of hydrogen-bond acceptors (Lipinski definition) is 5. The summed E-state index contributed by atoms with van der Waals surface area (Å²) in [6.45, 7) is 4.52. The van der Waals surface area contributed by atoms with Crippen LogP contribution in [0.3, 0.4) is 0 Å². The van der Waals surface area contributed by atoms with E-state index < -0.39 is 0 Å². The third kappa shape index (κ3) is 3.51. The molecule has 0 bridgehead atoms. The molecule has 2 aromatic heterocycles. The lowest BCUT2D eigenvalue weighted by atomic mass is 10.3. The molecule has 2 aromatic rings. The van der Waals surface area contributed by atoms with Crippen molar-refractivity contribution in [1.29, 1.82) is 0 Å². The predicted octanol–water partition coefficient (Wildman–Crippen LogP) is 2.63. The van der Waals surface area contributed by atoms with Gasteiger partial charge in [0.2, 0.25) is 0 Å². The zero-order valence-corrected chi connectivity index (χ0v) is 12.7. The average molecular weight is 336 g/mol. The van der Waals surface area contributed by atoms with Crippen molar-refractivity contribution >= 4 is 33.5 Å². The SMILES string of the molecule is CCNc1cncc(C(=O)Nc2ccc(Br)c(C)n2)n1. The zero-order valence-electron chi connectivity index (χ0n) is 11.1. The number of nitrogens with zero attached hydrogens (tertiary/aromatic N) is 3. The van der Waals surface area contributed by atoms with E-state index in [0.717, 1.165) is 10.2 Å². The third-order valence-electron chi connectivity index (χ3n) is 2.49. The van der Waals surface area contributed by atoms with E-state index in [0.29, 0.717) is 18.2 Å². The molecule has 6 nitrogen and oxygen atoms in total. The van der Waals surface area contributed by atoms with Gasteiger partial charge in [-0.25, -0.2) is 9.97 Å². The summed E-state index contributed by atoms with van der Waals surface area (Å²) in [6.07, 6.45) is 2.99. The van der Waals surface area contributed by atoms with Gasteiger partial charge in [-0.05, 0) is 41.9 Å². The highest BCUT2D eigenvalue weighted by Gasteiger charge is 2.10. The molecule has 0 aliphatic rings. The van der Waals surface area contributed by atoms with Gasteiger partial charge in [-0.1, -0.05) is 0 Å². The van der Waals surface area contributed by atoms with Crippen molar-refractivity contribution in [2.45, 2.75) is 13.8 Å². The third-order valence-corrected chi connectivity index (χ3v) is 3.33. The molecule has 0 radical (unpaired) electrons. The molecule has 20 heavy (non-hydrogen) atoms. The van der Waals surface area contributed by atoms with Crippen LogP contribution in [0, 0.1) is 6.92 Å². The number of rotatable bonds is 4. The summed E-state index contributed by atoms with van der Waals surface area (Å²) in [7, 11) is 0. The van der Waals surface area contributed by atoms with Gasteiger partial charge in [-0.2, -0.15) is 0 Å². The molecule has 0 aromatic carbocycles. The van der Waals surface area contributed by atoms with Crippen LogP contribution >= 0.6 is 15.9 Å². The van der Waals surface area contributed by atoms with Crippen molar-refractivity contribution in [3.05, 3.63) is 40.4 Å². The second-order valence-electron chi connectivity index (χ2n) is 4.04. The number of anilines is 2. The second-order valence-corrected chi connectivity index (χ2v) is 4.89. The van der Waals surface area contributed by atoms with E-state index in [2.05, 4.69) is 41.5 Å². The molecule has 0 atom stereocenters. The molecule has 0 aliphatic carbocycles. The summed E-state index contributed by atoms with van der Waals surface area (Å²) in [5.41, 5.74) is 1.04. The van der Waals surface area contributed by atoms with Crippen molar-refractivity contribution in [3.8, 4) is 0 Å². The maximum atomic E-state index is 12.1. The summed E-state index contributed by atoms with van der Waals surface area (Å²) in [5, 5.41) is 5.70. The Labute approximate surface area is 125 Å². The van der Waals surface area contributed by atoms with Crippen LogP contribution in [0.15, 0.2) is 29.0 Å². The van der Waals surface area contributed by atoms with E-state index in [9.17, 15) is 4.79 Å². The standard InChI is InChI=1S/C13H14BrN5O/c1-3-16-12-7-15-6-10(18-12)13(20)19-11-5-4-9(14)8(2)17-11/h4-7H,3H2,1-2H3,(H,16,18)(H,17,19,20). The number of aromatic nitrogens is 3. The van der Waals surface area contributed by atoms with Crippen LogP contribution in [0.1, 0.15) is 23.1 Å². The molecule has 104 valence electrons. The fraction of sp³-hybridized carbons (Fsp3) is 0.231. The maximum Gasteiger partial charge on any atom is 0.277 e. The molecule has 2 heterocycles. The first-order chi connectivity index (χ1) is 9.60. The lowest BCUT2D eigenvalue weighted by Crippen LogP contribution is -2.16. The maximum absolute atomic E-state index is 12.1. The summed E-state index contributed by atoms with van der Waals surface area (Å²) in [6, 6.07) is 3.55. The summed E-state index contributed by atoms with van der Waals surface area (Å²) in [4.78, 5) is 24.5. The van der Waals surface area contributed by atoms with E-state index in [4.69, 9.17) is 0 Å². The second kappa shape index (κ2) is 6.42. The van der Waals surface area contributed by atoms with Gasteiger partial charge in [-0.15, -0.1) is 0 Å². The van der Waals surface area contributed by atoms with Gasteiger partial charge >= 0.3 is 0 Å². The number of carbonyl (C=O) groups is 1. The van der Waals surface area contributed by atoms with E-state index >= 15 is 0 Å². The molecule has 0 unspecified atom stereocenters. The van der Waals surface area contributed by atoms with Crippen LogP contribution in [0.2, 0.25) is 0 Å². The molecule has 2 N–H and O–H groups in total. The van der Waals surface area contributed by atoms with Crippen LogP contribution in [-0.2, 0) is 0 Å². The van der Waals surface area contributed by atoms with Gasteiger partial charge < -0.3 is 10.6 Å². The molecule has 7 heteroatoms. The smallest absolute Gasteiger partial charge is 0.277 e. The zero-order chi connectivity index (χ0) is 14.5. The Hall–Kier alpha value is -2.02. The largest absolute Gasteiger partial charge is 0.369 e. The van der Waals surface area contributed by atoms with Gasteiger partial charge in [0.15, 0.2) is 0 Å². The number of nitrogens with one attached hydrogen (secondary N) is 2. The quantitative estimate of drug-likeness (QED) is 0.897. The highest BCUT2D eigenvalue weighted by molar-refractivity contribution is 9.10. The minimum absolute atomic E-state index is 0.242. The molecule has 2 rings (SSSR count). The summed E-state index contributed by atoms with van der Waals surface area (Å²) >= 11 is 3.36. The minimum Gasteiger partial charge on any atom is -0.369 e. The Bertz CT molecular complexity index is 632. The number of amides is 1. The Kier molecular flexibility index (Phi) is 4.62. The first-order valence-electron chi connectivity index (χ1n) is 6.10. The number of halogens is 1. The predicted molar refractivity (Wildman–Crippen MR) is 80.8 cm³/mol. The van der Waals surface area contributed by atoms with Crippen LogP contribution in [0.4, 0.5) is 11.6 Å². The fourth-order valence-corrected chi connectivity index (χ4v) is 1.76. The molecule has 0 saturated heterocycles. The van der Waals surface area contributed by atoms with E-state index in [1.807, 2.05) is 19.9 Å². The molecule has 0 saturated carbocycles. The lowest BCUT2D eigenvalue weighted by Gasteiger charge is -2.07. The Morgan fingerprint density at radius 1 is 1.25 bits per heavy atom. The van der Waals surface area contributed by atoms with E-state index in [-0.39, 0.29) is 11.6 Å². The number of aryl methyl sites for hydroxylation is 1. The van der Waals surface area contributed by atoms with E-state index in [1.165, 1.54) is 6.20 Å². The molecule has 0 fully saturated rings. The Morgan fingerprint density at radius 2 is 2.05 bits per heavy atom. The van der Waals surface area contributed by atoms with Crippen molar-refractivity contribution in [1.82, 2.24) is 15.0 Å². The lowest BCUT2D eigenvalue weighted by molar-refractivity contribution is 0.102. The van der Waals surface area contributed by atoms with Crippen molar-refractivity contribution in [3.63, 3.8) is 0 Å². The summed E-state index contributed by atoms with van der Waals surface area (Å²) in [5.74, 6) is 0.706. The Balaban J connectivity index is 2.15. The van der Waals surface area contributed by atoms with E-state index in [1.54, 1.807) is 12.3 Å². The first-order valence-corrected chi connectivity index (χ1v) is 6.90. The first kappa shape index (κ1) is 14.4. The van der Waals surface area contributed by atoms with Gasteiger partial charge in [0.1, 0.15) is 17.3 Å².